The molecule has 0 bridgehead atoms. The van der Waals surface area contributed by atoms with Crippen LogP contribution in [0.25, 0.3) is 11.1 Å². The molecule has 0 saturated carbocycles. The van der Waals surface area contributed by atoms with E-state index < -0.39 is 0 Å². The van der Waals surface area contributed by atoms with Crippen molar-refractivity contribution < 1.29 is 4.79 Å². The van der Waals surface area contributed by atoms with Gasteiger partial charge in [-0.05, 0) is 23.6 Å². The highest BCUT2D eigenvalue weighted by Gasteiger charge is 2.19. The Labute approximate surface area is 142 Å². The summed E-state index contributed by atoms with van der Waals surface area (Å²) in [5.74, 6) is 0.0656. The van der Waals surface area contributed by atoms with Gasteiger partial charge in [-0.15, -0.1) is 0 Å². The first-order valence-corrected chi connectivity index (χ1v) is 8.02. The molecule has 2 aromatic carbocycles. The molecule has 0 unspecified atom stereocenters. The zero-order chi connectivity index (χ0) is 16.9. The fraction of sp³-hybridized carbons (Fsp3) is 0.200. The van der Waals surface area contributed by atoms with Gasteiger partial charge in [0.15, 0.2) is 0 Å². The average Bonchev–Trinajstić information content (AvgIpc) is 3.16. The van der Waals surface area contributed by atoms with Gasteiger partial charge < -0.3 is 9.47 Å². The number of imidazole rings is 1. The van der Waals surface area contributed by atoms with Crippen LogP contribution >= 0.6 is 0 Å². The Hall–Kier alpha value is -2.88. The Morgan fingerprint density at radius 3 is 2.54 bits per heavy atom. The van der Waals surface area contributed by atoms with Crippen molar-refractivity contribution in [1.29, 1.82) is 0 Å². The third kappa shape index (κ3) is 3.38. The molecule has 0 aliphatic heterocycles. The molecule has 1 heterocycles. The van der Waals surface area contributed by atoms with E-state index in [2.05, 4.69) is 29.2 Å². The van der Waals surface area contributed by atoms with Crippen molar-refractivity contribution in [2.45, 2.75) is 19.5 Å². The van der Waals surface area contributed by atoms with E-state index in [1.165, 1.54) is 0 Å². The van der Waals surface area contributed by atoms with Crippen molar-refractivity contribution in [3.63, 3.8) is 0 Å². The first-order chi connectivity index (χ1) is 11.7. The number of hydrogen-bond acceptors (Lipinski definition) is 2. The Bertz CT molecular complexity index is 797. The van der Waals surface area contributed by atoms with Crippen LogP contribution in [0.5, 0.6) is 0 Å². The van der Waals surface area contributed by atoms with E-state index in [1.54, 1.807) is 17.4 Å². The van der Waals surface area contributed by atoms with E-state index in [0.717, 1.165) is 16.7 Å². The maximum Gasteiger partial charge on any atom is 0.245 e. The first kappa shape index (κ1) is 16.0. The molecule has 4 nitrogen and oxygen atoms in total. The smallest absolute Gasteiger partial charge is 0.245 e. The molecule has 1 amide bonds. The van der Waals surface area contributed by atoms with Gasteiger partial charge in [-0.25, -0.2) is 4.98 Å². The van der Waals surface area contributed by atoms with Crippen LogP contribution in [0.15, 0.2) is 73.3 Å². The standard InChI is InChI=1S/C20H21N3O/c1-16(23-13-12-21-15-23)20(24)22(2)14-18-10-6-7-11-19(18)17-8-4-3-5-9-17/h3-13,15-16H,14H2,1-2H3/t16-/m1/s1. The summed E-state index contributed by atoms with van der Waals surface area (Å²) >= 11 is 0. The number of carbonyl (C=O) groups is 1. The fourth-order valence-corrected chi connectivity index (χ4v) is 2.84. The second kappa shape index (κ2) is 7.13. The number of likely N-dealkylation sites (N-methyl/N-ethyl adjacent to an activating group) is 1. The lowest BCUT2D eigenvalue weighted by Gasteiger charge is -2.23. The normalized spacial score (nSPS) is 11.9. The molecule has 1 atom stereocenters. The molecule has 24 heavy (non-hydrogen) atoms. The second-order valence-corrected chi connectivity index (χ2v) is 5.90. The van der Waals surface area contributed by atoms with E-state index in [1.807, 2.05) is 55.1 Å². The third-order valence-corrected chi connectivity index (χ3v) is 4.22. The lowest BCUT2D eigenvalue weighted by Crippen LogP contribution is -2.32. The number of amides is 1. The van der Waals surface area contributed by atoms with Gasteiger partial charge in [0.1, 0.15) is 6.04 Å². The maximum atomic E-state index is 12.7. The fourth-order valence-electron chi connectivity index (χ4n) is 2.84. The molecule has 1 aromatic heterocycles. The summed E-state index contributed by atoms with van der Waals surface area (Å²) in [6, 6.07) is 18.2. The van der Waals surface area contributed by atoms with Crippen molar-refractivity contribution in [1.82, 2.24) is 14.5 Å². The van der Waals surface area contributed by atoms with E-state index in [0.29, 0.717) is 6.54 Å². The quantitative estimate of drug-likeness (QED) is 0.718. The molecule has 4 heteroatoms. The summed E-state index contributed by atoms with van der Waals surface area (Å²) in [5.41, 5.74) is 3.46. The Morgan fingerprint density at radius 1 is 1.12 bits per heavy atom. The number of nitrogens with zero attached hydrogens (tertiary/aromatic N) is 3. The topological polar surface area (TPSA) is 38.1 Å². The maximum absolute atomic E-state index is 12.7. The van der Waals surface area contributed by atoms with Crippen molar-refractivity contribution in [3.05, 3.63) is 78.9 Å². The number of hydrogen-bond donors (Lipinski definition) is 0. The third-order valence-electron chi connectivity index (χ3n) is 4.22. The van der Waals surface area contributed by atoms with E-state index >= 15 is 0 Å². The lowest BCUT2D eigenvalue weighted by molar-refractivity contribution is -0.133. The molecule has 3 rings (SSSR count). The molecule has 0 radical (unpaired) electrons. The molecule has 0 N–H and O–H groups in total. The SMILES string of the molecule is C[C@H](C(=O)N(C)Cc1ccccc1-c1ccccc1)n1ccnc1. The van der Waals surface area contributed by atoms with Gasteiger partial charge in [0.25, 0.3) is 0 Å². The molecule has 0 spiro atoms. The summed E-state index contributed by atoms with van der Waals surface area (Å²) in [7, 11) is 1.84. The van der Waals surface area contributed by atoms with Crippen LogP contribution in [0.3, 0.4) is 0 Å². The predicted octanol–water partition coefficient (Wildman–Crippen LogP) is 3.77. The molecule has 122 valence electrons. The summed E-state index contributed by atoms with van der Waals surface area (Å²) in [4.78, 5) is 18.5. The van der Waals surface area contributed by atoms with Gasteiger partial charge in [-0.3, -0.25) is 4.79 Å². The van der Waals surface area contributed by atoms with Crippen molar-refractivity contribution in [2.75, 3.05) is 7.05 Å². The monoisotopic (exact) mass is 319 g/mol. The van der Waals surface area contributed by atoms with Gasteiger partial charge in [0.05, 0.1) is 6.33 Å². The van der Waals surface area contributed by atoms with Gasteiger partial charge in [0, 0.05) is 26.0 Å². The molecule has 0 saturated heterocycles. The Morgan fingerprint density at radius 2 is 1.83 bits per heavy atom. The minimum absolute atomic E-state index is 0.0656. The van der Waals surface area contributed by atoms with Gasteiger partial charge >= 0.3 is 0 Å². The Kier molecular flexibility index (Phi) is 4.75. The van der Waals surface area contributed by atoms with Gasteiger partial charge in [0.2, 0.25) is 5.91 Å². The molecule has 0 fully saturated rings. The minimum Gasteiger partial charge on any atom is -0.340 e. The minimum atomic E-state index is -0.263. The van der Waals surface area contributed by atoms with E-state index in [-0.39, 0.29) is 11.9 Å². The molecule has 3 aromatic rings. The zero-order valence-electron chi connectivity index (χ0n) is 14.0. The second-order valence-electron chi connectivity index (χ2n) is 5.90. The summed E-state index contributed by atoms with van der Waals surface area (Å²) in [6.45, 7) is 2.46. The molecule has 0 aliphatic rings. The van der Waals surface area contributed by atoms with Gasteiger partial charge in [-0.2, -0.15) is 0 Å². The summed E-state index contributed by atoms with van der Waals surface area (Å²) < 4.78 is 1.82. The number of benzene rings is 2. The van der Waals surface area contributed by atoms with Crippen LogP contribution in [0, 0.1) is 0 Å². The predicted molar refractivity (Wildman–Crippen MR) is 95.3 cm³/mol. The van der Waals surface area contributed by atoms with Crippen LogP contribution in [-0.4, -0.2) is 27.4 Å². The Balaban J connectivity index is 1.80. The van der Waals surface area contributed by atoms with Crippen LogP contribution in [0.1, 0.15) is 18.5 Å². The largest absolute Gasteiger partial charge is 0.340 e. The molecular formula is C20H21N3O. The number of carbonyl (C=O) groups excluding carboxylic acids is 1. The van der Waals surface area contributed by atoms with Crippen molar-refractivity contribution in [3.8, 4) is 11.1 Å². The zero-order valence-corrected chi connectivity index (χ0v) is 14.0. The number of aromatic nitrogens is 2. The van der Waals surface area contributed by atoms with Crippen molar-refractivity contribution in [2.24, 2.45) is 0 Å². The first-order valence-electron chi connectivity index (χ1n) is 8.02. The van der Waals surface area contributed by atoms with Crippen molar-refractivity contribution >= 4 is 5.91 Å². The van der Waals surface area contributed by atoms with Gasteiger partial charge in [-0.1, -0.05) is 54.6 Å². The van der Waals surface area contributed by atoms with Crippen LogP contribution in [0.2, 0.25) is 0 Å². The molecular weight excluding hydrogens is 298 g/mol. The average molecular weight is 319 g/mol. The molecule has 0 aliphatic carbocycles. The lowest BCUT2D eigenvalue weighted by atomic mass is 9.99. The highest BCUT2D eigenvalue weighted by Crippen LogP contribution is 2.24. The van der Waals surface area contributed by atoms with Crippen LogP contribution in [-0.2, 0) is 11.3 Å². The van der Waals surface area contributed by atoms with Crippen LogP contribution in [0.4, 0.5) is 0 Å². The highest BCUT2D eigenvalue weighted by atomic mass is 16.2. The summed E-state index contributed by atoms with van der Waals surface area (Å²) in [5, 5.41) is 0. The summed E-state index contributed by atoms with van der Waals surface area (Å²) in [6.07, 6.45) is 5.18. The van der Waals surface area contributed by atoms with Crippen LogP contribution < -0.4 is 0 Å². The highest BCUT2D eigenvalue weighted by molar-refractivity contribution is 5.80. The number of rotatable bonds is 5. The van der Waals surface area contributed by atoms with E-state index in [9.17, 15) is 4.79 Å². The van der Waals surface area contributed by atoms with E-state index in [4.69, 9.17) is 0 Å².